The van der Waals surface area contributed by atoms with Gasteiger partial charge in [-0.3, -0.25) is 14.4 Å². The number of aliphatic carboxylic acids is 1. The predicted molar refractivity (Wildman–Crippen MR) is 189 cm³/mol. The van der Waals surface area contributed by atoms with Crippen LogP contribution < -0.4 is 5.32 Å². The van der Waals surface area contributed by atoms with Gasteiger partial charge in [0.25, 0.3) is 5.91 Å². The number of carbonyl (C=O) groups excluding carboxylic acids is 2. The Balaban J connectivity index is 1.11. The van der Waals surface area contributed by atoms with E-state index in [9.17, 15) is 19.5 Å². The molecule has 1 saturated carbocycles. The van der Waals surface area contributed by atoms with E-state index in [0.717, 1.165) is 33.0 Å². The Morgan fingerprint density at radius 2 is 1.52 bits per heavy atom. The van der Waals surface area contributed by atoms with Crippen molar-refractivity contribution in [1.29, 1.82) is 0 Å². The SMILES string of the molecule is CC[C@H]1CC[C@H](c2ccc(-c3cnc(-c4ccc(C[C@H](NC(=O)c5ccc(C(C)C)s5)C(=O)N5CC(C(=O)O)C5)cc4)nc3)cc2)CC1. The molecule has 2 aromatic heterocycles. The van der Waals surface area contributed by atoms with Gasteiger partial charge < -0.3 is 15.3 Å². The smallest absolute Gasteiger partial charge is 0.310 e. The molecule has 1 saturated heterocycles. The molecule has 0 unspecified atom stereocenters. The Hall–Kier alpha value is -4.37. The largest absolute Gasteiger partial charge is 0.481 e. The van der Waals surface area contributed by atoms with E-state index < -0.39 is 17.9 Å². The number of nitrogens with zero attached hydrogens (tertiary/aromatic N) is 3. The van der Waals surface area contributed by atoms with E-state index in [-0.39, 0.29) is 31.3 Å². The van der Waals surface area contributed by atoms with Crippen LogP contribution in [0.2, 0.25) is 0 Å². The number of benzene rings is 2. The highest BCUT2D eigenvalue weighted by atomic mass is 32.1. The number of rotatable bonds is 11. The van der Waals surface area contributed by atoms with Crippen LogP contribution in [0.4, 0.5) is 0 Å². The molecule has 48 heavy (non-hydrogen) atoms. The second-order valence-electron chi connectivity index (χ2n) is 13.6. The van der Waals surface area contributed by atoms with Crippen molar-refractivity contribution in [2.24, 2.45) is 11.8 Å². The summed E-state index contributed by atoms with van der Waals surface area (Å²) in [4.78, 5) is 50.4. The second-order valence-corrected chi connectivity index (χ2v) is 14.7. The van der Waals surface area contributed by atoms with Gasteiger partial charge in [-0.2, -0.15) is 0 Å². The Morgan fingerprint density at radius 1 is 0.875 bits per heavy atom. The zero-order valence-electron chi connectivity index (χ0n) is 27.9. The first-order chi connectivity index (χ1) is 23.2. The Morgan fingerprint density at radius 3 is 2.10 bits per heavy atom. The van der Waals surface area contributed by atoms with Crippen molar-refractivity contribution >= 4 is 29.1 Å². The molecule has 4 aromatic rings. The van der Waals surface area contributed by atoms with Gasteiger partial charge in [0, 0.05) is 47.9 Å². The molecule has 2 fully saturated rings. The number of amides is 2. The molecular weight excluding hydrogens is 621 g/mol. The van der Waals surface area contributed by atoms with Gasteiger partial charge in [-0.05, 0) is 72.3 Å². The fourth-order valence-corrected chi connectivity index (χ4v) is 7.67. The first kappa shape index (κ1) is 33.5. The van der Waals surface area contributed by atoms with Gasteiger partial charge in [-0.25, -0.2) is 9.97 Å². The maximum atomic E-state index is 13.4. The highest BCUT2D eigenvalue weighted by molar-refractivity contribution is 7.14. The molecule has 1 atom stereocenters. The third-order valence-corrected chi connectivity index (χ3v) is 11.4. The normalized spacial score (nSPS) is 18.7. The molecule has 9 heteroatoms. The molecule has 2 aliphatic rings. The van der Waals surface area contributed by atoms with E-state index >= 15 is 0 Å². The third kappa shape index (κ3) is 7.67. The van der Waals surface area contributed by atoms with E-state index in [0.29, 0.717) is 22.5 Å². The summed E-state index contributed by atoms with van der Waals surface area (Å²) in [5.74, 6) is 0.386. The average molecular weight is 665 g/mol. The summed E-state index contributed by atoms with van der Waals surface area (Å²) in [7, 11) is 0. The highest BCUT2D eigenvalue weighted by Gasteiger charge is 2.39. The van der Waals surface area contributed by atoms with Crippen LogP contribution in [0.1, 0.15) is 90.4 Å². The molecule has 1 aliphatic heterocycles. The fourth-order valence-electron chi connectivity index (χ4n) is 6.75. The number of carboxylic acids is 1. The number of carbonyl (C=O) groups is 3. The van der Waals surface area contributed by atoms with Crippen LogP contribution in [0.15, 0.2) is 73.1 Å². The minimum absolute atomic E-state index is 0.146. The van der Waals surface area contributed by atoms with Crippen molar-refractivity contribution in [3.05, 3.63) is 93.9 Å². The lowest BCUT2D eigenvalue weighted by molar-refractivity contribution is -0.153. The van der Waals surface area contributed by atoms with Gasteiger partial charge in [-0.15, -0.1) is 11.3 Å². The lowest BCUT2D eigenvalue weighted by atomic mass is 9.78. The predicted octanol–water partition coefficient (Wildman–Crippen LogP) is 7.56. The Labute approximate surface area is 286 Å². The lowest BCUT2D eigenvalue weighted by Crippen LogP contribution is -2.59. The highest BCUT2D eigenvalue weighted by Crippen LogP contribution is 2.37. The summed E-state index contributed by atoms with van der Waals surface area (Å²) >= 11 is 1.42. The van der Waals surface area contributed by atoms with Gasteiger partial charge in [0.15, 0.2) is 5.82 Å². The molecule has 3 heterocycles. The van der Waals surface area contributed by atoms with Crippen molar-refractivity contribution < 1.29 is 19.5 Å². The van der Waals surface area contributed by atoms with Gasteiger partial charge in [0.05, 0.1) is 10.8 Å². The molecule has 2 N–H and O–H groups in total. The van der Waals surface area contributed by atoms with Crippen LogP contribution in [0.25, 0.3) is 22.5 Å². The molecule has 6 rings (SSSR count). The number of carboxylic acid groups (broad SMARTS) is 1. The summed E-state index contributed by atoms with van der Waals surface area (Å²) in [6.45, 7) is 6.74. The maximum Gasteiger partial charge on any atom is 0.310 e. The summed E-state index contributed by atoms with van der Waals surface area (Å²) in [6.07, 6.45) is 10.5. The number of nitrogens with one attached hydrogen (secondary N) is 1. The van der Waals surface area contributed by atoms with E-state index in [2.05, 4.69) is 60.3 Å². The van der Waals surface area contributed by atoms with E-state index in [1.807, 2.05) is 42.7 Å². The molecule has 0 radical (unpaired) electrons. The van der Waals surface area contributed by atoms with Gasteiger partial charge >= 0.3 is 5.97 Å². The van der Waals surface area contributed by atoms with Gasteiger partial charge in [0.2, 0.25) is 5.91 Å². The first-order valence-electron chi connectivity index (χ1n) is 17.1. The maximum absolute atomic E-state index is 13.4. The first-order valence-corrected chi connectivity index (χ1v) is 17.9. The molecule has 8 nitrogen and oxygen atoms in total. The summed E-state index contributed by atoms with van der Waals surface area (Å²) in [6, 6.07) is 19.5. The monoisotopic (exact) mass is 664 g/mol. The number of likely N-dealkylation sites (tertiary alicyclic amines) is 1. The van der Waals surface area contributed by atoms with Crippen molar-refractivity contribution in [3.8, 4) is 22.5 Å². The Bertz CT molecular complexity index is 1720. The van der Waals surface area contributed by atoms with Gasteiger partial charge in [0.1, 0.15) is 6.04 Å². The van der Waals surface area contributed by atoms with Crippen LogP contribution in [0.3, 0.4) is 0 Å². The molecule has 0 spiro atoms. The van der Waals surface area contributed by atoms with Crippen LogP contribution in [0.5, 0.6) is 0 Å². The zero-order valence-corrected chi connectivity index (χ0v) is 28.7. The molecular formula is C39H44N4O4S. The Kier molecular flexibility index (Phi) is 10.3. The second kappa shape index (κ2) is 14.8. The summed E-state index contributed by atoms with van der Waals surface area (Å²) in [5.41, 5.74) is 5.20. The molecule has 2 amide bonds. The minimum Gasteiger partial charge on any atom is -0.481 e. The van der Waals surface area contributed by atoms with Gasteiger partial charge in [-0.1, -0.05) is 75.7 Å². The van der Waals surface area contributed by atoms with Crippen molar-refractivity contribution in [2.45, 2.75) is 77.2 Å². The summed E-state index contributed by atoms with van der Waals surface area (Å²) < 4.78 is 0. The molecule has 2 aromatic carbocycles. The zero-order chi connectivity index (χ0) is 33.8. The van der Waals surface area contributed by atoms with E-state index in [4.69, 9.17) is 0 Å². The number of thiophene rings is 1. The number of hydrogen-bond donors (Lipinski definition) is 2. The number of aromatic nitrogens is 2. The standard InChI is InChI=1S/C39H44N4O4S/c1-4-25-5-9-27(10-6-25)28-13-15-29(16-14-28)31-20-40-36(41-21-31)30-11-7-26(8-12-30)19-33(38(45)43-22-32(23-43)39(46)47)42-37(44)35-18-17-34(48-35)24(2)3/h7-8,11-18,20-21,24-25,27,32-33H,4-6,9-10,19,22-23H2,1-3H3,(H,42,44)(H,46,47)/t25-,27-,33-/m0/s1. The van der Waals surface area contributed by atoms with Crippen molar-refractivity contribution in [3.63, 3.8) is 0 Å². The number of hydrogen-bond acceptors (Lipinski definition) is 6. The minimum atomic E-state index is -0.914. The van der Waals surface area contributed by atoms with Crippen LogP contribution in [0, 0.1) is 11.8 Å². The lowest BCUT2D eigenvalue weighted by Gasteiger charge is -2.38. The third-order valence-electron chi connectivity index (χ3n) is 10.0. The van der Waals surface area contributed by atoms with Crippen LogP contribution >= 0.6 is 11.3 Å². The fraction of sp³-hybridized carbons (Fsp3) is 0.410. The van der Waals surface area contributed by atoms with E-state index in [1.54, 1.807) is 6.07 Å². The van der Waals surface area contributed by atoms with Crippen molar-refractivity contribution in [2.75, 3.05) is 13.1 Å². The van der Waals surface area contributed by atoms with Crippen molar-refractivity contribution in [1.82, 2.24) is 20.2 Å². The average Bonchev–Trinajstić information content (AvgIpc) is 3.59. The van der Waals surface area contributed by atoms with Crippen LogP contribution in [-0.2, 0) is 16.0 Å². The topological polar surface area (TPSA) is 112 Å². The molecule has 1 aliphatic carbocycles. The summed E-state index contributed by atoms with van der Waals surface area (Å²) in [5, 5.41) is 12.2. The molecule has 0 bridgehead atoms. The van der Waals surface area contributed by atoms with Crippen LogP contribution in [-0.4, -0.2) is 56.9 Å². The van der Waals surface area contributed by atoms with E-state index in [1.165, 1.54) is 53.9 Å². The quantitative estimate of drug-likeness (QED) is 0.171. The molecule has 250 valence electrons.